The molecule has 0 fully saturated rings. The summed E-state index contributed by atoms with van der Waals surface area (Å²) in [5.41, 5.74) is 9.82. The van der Waals surface area contributed by atoms with Gasteiger partial charge in [-0.15, -0.1) is 0 Å². The molecule has 0 saturated heterocycles. The van der Waals surface area contributed by atoms with Crippen LogP contribution in [0.4, 0.5) is 21.9 Å². The van der Waals surface area contributed by atoms with Crippen LogP contribution >= 0.6 is 0 Å². The lowest BCUT2D eigenvalue weighted by molar-refractivity contribution is 0.262. The van der Waals surface area contributed by atoms with Crippen LogP contribution in [-0.4, -0.2) is 6.03 Å². The van der Waals surface area contributed by atoms with Crippen molar-refractivity contribution in [2.45, 2.75) is 13.8 Å². The van der Waals surface area contributed by atoms with Crippen LogP contribution in [-0.2, 0) is 0 Å². The molecule has 98 valence electrons. The Bertz CT molecular complexity index is 608. The fraction of sp³-hybridized carbons (Fsp3) is 0.133. The van der Waals surface area contributed by atoms with E-state index < -0.39 is 0 Å². The van der Waals surface area contributed by atoms with Crippen molar-refractivity contribution in [2.75, 3.05) is 16.4 Å². The molecule has 0 aromatic heterocycles. The Hall–Kier alpha value is -2.49. The van der Waals surface area contributed by atoms with Crippen molar-refractivity contribution in [1.82, 2.24) is 0 Å². The van der Waals surface area contributed by atoms with E-state index >= 15 is 0 Å². The minimum Gasteiger partial charge on any atom is -0.397 e. The van der Waals surface area contributed by atoms with Gasteiger partial charge in [0.2, 0.25) is 0 Å². The molecule has 0 unspecified atom stereocenters. The Balaban J connectivity index is 2.10. The summed E-state index contributed by atoms with van der Waals surface area (Å²) in [6, 6.07) is 12.8. The van der Waals surface area contributed by atoms with E-state index in [0.717, 1.165) is 16.8 Å². The number of nitrogen functional groups attached to an aromatic ring is 1. The lowest BCUT2D eigenvalue weighted by atomic mass is 10.2. The monoisotopic (exact) mass is 255 g/mol. The van der Waals surface area contributed by atoms with Crippen molar-refractivity contribution in [1.29, 1.82) is 0 Å². The number of benzene rings is 2. The predicted molar refractivity (Wildman–Crippen MR) is 79.4 cm³/mol. The number of para-hydroxylation sites is 1. The molecule has 2 rings (SSSR count). The van der Waals surface area contributed by atoms with Gasteiger partial charge in [-0.25, -0.2) is 4.79 Å². The van der Waals surface area contributed by atoms with E-state index in [9.17, 15) is 4.79 Å². The van der Waals surface area contributed by atoms with Crippen molar-refractivity contribution in [2.24, 2.45) is 0 Å². The molecule has 0 atom stereocenters. The number of urea groups is 1. The minimum atomic E-state index is -0.299. The number of hydrogen-bond donors (Lipinski definition) is 3. The molecule has 0 bridgehead atoms. The van der Waals surface area contributed by atoms with E-state index in [4.69, 9.17) is 5.73 Å². The number of amides is 2. The van der Waals surface area contributed by atoms with Gasteiger partial charge in [0, 0.05) is 5.69 Å². The second-order valence-corrected chi connectivity index (χ2v) is 4.48. The van der Waals surface area contributed by atoms with Crippen LogP contribution in [0.1, 0.15) is 11.1 Å². The van der Waals surface area contributed by atoms with E-state index in [1.807, 2.05) is 50.2 Å². The van der Waals surface area contributed by atoms with Crippen LogP contribution in [0.5, 0.6) is 0 Å². The van der Waals surface area contributed by atoms with E-state index in [0.29, 0.717) is 11.4 Å². The summed E-state index contributed by atoms with van der Waals surface area (Å²) in [6.45, 7) is 3.89. The first-order chi connectivity index (χ1) is 9.06. The number of carbonyl (C=O) groups is 1. The predicted octanol–water partition coefficient (Wildman–Crippen LogP) is 3.53. The van der Waals surface area contributed by atoms with Crippen molar-refractivity contribution in [3.63, 3.8) is 0 Å². The number of aryl methyl sites for hydroxylation is 2. The third-order valence-corrected chi connectivity index (χ3v) is 2.85. The Labute approximate surface area is 112 Å². The Morgan fingerprint density at radius 1 is 1.00 bits per heavy atom. The molecule has 2 amide bonds. The molecule has 4 nitrogen and oxygen atoms in total. The van der Waals surface area contributed by atoms with Gasteiger partial charge in [-0.3, -0.25) is 0 Å². The molecule has 19 heavy (non-hydrogen) atoms. The third kappa shape index (κ3) is 3.25. The van der Waals surface area contributed by atoms with Crippen molar-refractivity contribution in [3.8, 4) is 0 Å². The highest BCUT2D eigenvalue weighted by atomic mass is 16.2. The highest BCUT2D eigenvalue weighted by molar-refractivity contribution is 6.02. The van der Waals surface area contributed by atoms with Crippen LogP contribution in [0, 0.1) is 13.8 Å². The first-order valence-corrected chi connectivity index (χ1v) is 6.06. The molecular formula is C15H17N3O. The first kappa shape index (κ1) is 13.0. The molecule has 0 aliphatic heterocycles. The second-order valence-electron chi connectivity index (χ2n) is 4.48. The first-order valence-electron chi connectivity index (χ1n) is 6.06. The van der Waals surface area contributed by atoms with Gasteiger partial charge in [-0.1, -0.05) is 24.3 Å². The molecule has 0 aliphatic rings. The summed E-state index contributed by atoms with van der Waals surface area (Å²) in [5, 5.41) is 5.55. The Morgan fingerprint density at radius 2 is 1.68 bits per heavy atom. The van der Waals surface area contributed by atoms with Crippen molar-refractivity contribution < 1.29 is 4.79 Å². The molecule has 0 heterocycles. The number of rotatable bonds is 2. The van der Waals surface area contributed by atoms with E-state index in [1.54, 1.807) is 6.07 Å². The zero-order chi connectivity index (χ0) is 13.8. The third-order valence-electron chi connectivity index (χ3n) is 2.85. The van der Waals surface area contributed by atoms with Crippen LogP contribution in [0.2, 0.25) is 0 Å². The second kappa shape index (κ2) is 5.44. The highest BCUT2D eigenvalue weighted by Crippen LogP contribution is 2.20. The van der Waals surface area contributed by atoms with Gasteiger partial charge in [-0.05, 0) is 43.2 Å². The number of anilines is 3. The van der Waals surface area contributed by atoms with Crippen molar-refractivity contribution >= 4 is 23.1 Å². The SMILES string of the molecule is Cc1ccc(N)c(NC(=O)Nc2ccccc2C)c1. The fourth-order valence-electron chi connectivity index (χ4n) is 1.77. The van der Waals surface area contributed by atoms with Gasteiger partial charge in [0.1, 0.15) is 0 Å². The number of nitrogens with two attached hydrogens (primary N) is 1. The van der Waals surface area contributed by atoms with Gasteiger partial charge < -0.3 is 16.4 Å². The van der Waals surface area contributed by atoms with Gasteiger partial charge in [0.25, 0.3) is 0 Å². The Kier molecular flexibility index (Phi) is 3.71. The minimum absolute atomic E-state index is 0.299. The summed E-state index contributed by atoms with van der Waals surface area (Å²) < 4.78 is 0. The summed E-state index contributed by atoms with van der Waals surface area (Å²) in [5.74, 6) is 0. The summed E-state index contributed by atoms with van der Waals surface area (Å²) >= 11 is 0. The van der Waals surface area contributed by atoms with Crippen LogP contribution in [0.15, 0.2) is 42.5 Å². The molecule has 2 aromatic rings. The largest absolute Gasteiger partial charge is 0.397 e. The van der Waals surface area contributed by atoms with Crippen LogP contribution in [0.25, 0.3) is 0 Å². The normalized spacial score (nSPS) is 10.0. The Morgan fingerprint density at radius 3 is 2.42 bits per heavy atom. The lowest BCUT2D eigenvalue weighted by Gasteiger charge is -2.11. The molecule has 0 saturated carbocycles. The number of nitrogens with one attached hydrogen (secondary N) is 2. The molecule has 0 aliphatic carbocycles. The average molecular weight is 255 g/mol. The maximum absolute atomic E-state index is 11.9. The molecular weight excluding hydrogens is 238 g/mol. The van der Waals surface area contributed by atoms with E-state index in [1.165, 1.54) is 0 Å². The summed E-state index contributed by atoms with van der Waals surface area (Å²) in [7, 11) is 0. The number of carbonyl (C=O) groups excluding carboxylic acids is 1. The molecule has 2 aromatic carbocycles. The molecule has 4 heteroatoms. The van der Waals surface area contributed by atoms with Gasteiger partial charge >= 0.3 is 6.03 Å². The zero-order valence-corrected chi connectivity index (χ0v) is 11.0. The van der Waals surface area contributed by atoms with E-state index in [-0.39, 0.29) is 6.03 Å². The zero-order valence-electron chi connectivity index (χ0n) is 11.0. The smallest absolute Gasteiger partial charge is 0.323 e. The number of hydrogen-bond acceptors (Lipinski definition) is 2. The van der Waals surface area contributed by atoms with Gasteiger partial charge in [-0.2, -0.15) is 0 Å². The lowest BCUT2D eigenvalue weighted by Crippen LogP contribution is -2.20. The maximum atomic E-state index is 11.9. The average Bonchev–Trinajstić information content (AvgIpc) is 2.37. The van der Waals surface area contributed by atoms with Crippen molar-refractivity contribution in [3.05, 3.63) is 53.6 Å². The molecule has 0 spiro atoms. The van der Waals surface area contributed by atoms with Crippen LogP contribution < -0.4 is 16.4 Å². The fourth-order valence-corrected chi connectivity index (χ4v) is 1.77. The maximum Gasteiger partial charge on any atom is 0.323 e. The van der Waals surface area contributed by atoms with E-state index in [2.05, 4.69) is 10.6 Å². The topological polar surface area (TPSA) is 67.1 Å². The van der Waals surface area contributed by atoms with Crippen LogP contribution in [0.3, 0.4) is 0 Å². The molecule has 4 N–H and O–H groups in total. The molecule has 0 radical (unpaired) electrons. The highest BCUT2D eigenvalue weighted by Gasteiger charge is 2.06. The summed E-state index contributed by atoms with van der Waals surface area (Å²) in [6.07, 6.45) is 0. The summed E-state index contributed by atoms with van der Waals surface area (Å²) in [4.78, 5) is 11.9. The standard InChI is InChI=1S/C15H17N3O/c1-10-7-8-12(16)14(9-10)18-15(19)17-13-6-4-3-5-11(13)2/h3-9H,16H2,1-2H3,(H2,17,18,19). The van der Waals surface area contributed by atoms with Gasteiger partial charge in [0.15, 0.2) is 0 Å². The van der Waals surface area contributed by atoms with Gasteiger partial charge in [0.05, 0.1) is 11.4 Å². The quantitative estimate of drug-likeness (QED) is 0.719.